The molecule has 16 heavy (non-hydrogen) atoms. The van der Waals surface area contributed by atoms with E-state index < -0.39 is 0 Å². The molecule has 0 amide bonds. The second-order valence-electron chi connectivity index (χ2n) is 5.00. The number of nitrogens with zero attached hydrogens (tertiary/aromatic N) is 1. The number of hydrogen-bond donors (Lipinski definition) is 1. The highest BCUT2D eigenvalue weighted by atomic mass is 16.5. The Labute approximate surface area is 101 Å². The fourth-order valence-electron chi connectivity index (χ4n) is 2.40. The Kier molecular flexibility index (Phi) is 7.01. The van der Waals surface area contributed by atoms with Crippen LogP contribution in [0.1, 0.15) is 33.1 Å². The van der Waals surface area contributed by atoms with Crippen molar-refractivity contribution in [3.05, 3.63) is 0 Å². The summed E-state index contributed by atoms with van der Waals surface area (Å²) in [6, 6.07) is 0.471. The monoisotopic (exact) mass is 228 g/mol. The third-order valence-electron chi connectivity index (χ3n) is 3.62. The zero-order valence-electron chi connectivity index (χ0n) is 11.2. The molecule has 0 radical (unpaired) electrons. The SMILES string of the molecule is CCC1CCN(CCNC(C)COC)CC1. The van der Waals surface area contributed by atoms with Crippen molar-refractivity contribution in [2.24, 2.45) is 5.92 Å². The fraction of sp³-hybridized carbons (Fsp3) is 1.00. The molecule has 3 nitrogen and oxygen atoms in total. The molecule has 1 aliphatic rings. The predicted molar refractivity (Wildman–Crippen MR) is 68.8 cm³/mol. The average molecular weight is 228 g/mol. The molecule has 0 aliphatic carbocycles. The number of rotatable bonds is 7. The van der Waals surface area contributed by atoms with E-state index in [1.807, 2.05) is 0 Å². The molecule has 96 valence electrons. The number of nitrogens with one attached hydrogen (secondary N) is 1. The Morgan fingerprint density at radius 2 is 2.06 bits per heavy atom. The topological polar surface area (TPSA) is 24.5 Å². The van der Waals surface area contributed by atoms with E-state index in [1.165, 1.54) is 38.9 Å². The molecular formula is C13H28N2O. The van der Waals surface area contributed by atoms with E-state index in [0.717, 1.165) is 19.1 Å². The molecule has 1 heterocycles. The van der Waals surface area contributed by atoms with Gasteiger partial charge in [-0.25, -0.2) is 0 Å². The van der Waals surface area contributed by atoms with Crippen LogP contribution < -0.4 is 5.32 Å². The van der Waals surface area contributed by atoms with Gasteiger partial charge in [0.05, 0.1) is 6.61 Å². The first kappa shape index (κ1) is 13.9. The van der Waals surface area contributed by atoms with Gasteiger partial charge in [-0.3, -0.25) is 0 Å². The van der Waals surface area contributed by atoms with E-state index in [4.69, 9.17) is 4.74 Å². The van der Waals surface area contributed by atoms with Crippen molar-refractivity contribution in [1.29, 1.82) is 0 Å². The van der Waals surface area contributed by atoms with Crippen LogP contribution in [0.5, 0.6) is 0 Å². The van der Waals surface area contributed by atoms with Crippen molar-refractivity contribution in [2.75, 3.05) is 39.9 Å². The standard InChI is InChI=1S/C13H28N2O/c1-4-13-5-8-15(9-6-13)10-7-14-12(2)11-16-3/h12-14H,4-11H2,1-3H3. The molecule has 0 aromatic carbocycles. The third kappa shape index (κ3) is 5.28. The van der Waals surface area contributed by atoms with Crippen LogP contribution in [0.4, 0.5) is 0 Å². The number of piperidine rings is 1. The molecular weight excluding hydrogens is 200 g/mol. The van der Waals surface area contributed by atoms with Gasteiger partial charge in [-0.2, -0.15) is 0 Å². The predicted octanol–water partition coefficient (Wildman–Crippen LogP) is 1.73. The molecule has 0 aromatic heterocycles. The average Bonchev–Trinajstić information content (AvgIpc) is 2.30. The largest absolute Gasteiger partial charge is 0.383 e. The van der Waals surface area contributed by atoms with Crippen LogP contribution in [0.15, 0.2) is 0 Å². The molecule has 1 aliphatic heterocycles. The van der Waals surface area contributed by atoms with Gasteiger partial charge in [-0.05, 0) is 38.8 Å². The van der Waals surface area contributed by atoms with Crippen molar-refractivity contribution in [1.82, 2.24) is 10.2 Å². The Hall–Kier alpha value is -0.120. The van der Waals surface area contributed by atoms with Gasteiger partial charge in [0.1, 0.15) is 0 Å². The van der Waals surface area contributed by atoms with Crippen LogP contribution in [0, 0.1) is 5.92 Å². The Bertz CT molecular complexity index is 167. The van der Waals surface area contributed by atoms with Gasteiger partial charge in [-0.15, -0.1) is 0 Å². The summed E-state index contributed by atoms with van der Waals surface area (Å²) in [5.74, 6) is 0.983. The second kappa shape index (κ2) is 8.04. The summed E-state index contributed by atoms with van der Waals surface area (Å²) >= 11 is 0. The lowest BCUT2D eigenvalue weighted by Gasteiger charge is -2.31. The zero-order chi connectivity index (χ0) is 11.8. The van der Waals surface area contributed by atoms with E-state index in [1.54, 1.807) is 7.11 Å². The highest BCUT2D eigenvalue weighted by Gasteiger charge is 2.16. The number of hydrogen-bond acceptors (Lipinski definition) is 3. The van der Waals surface area contributed by atoms with Gasteiger partial charge in [0.25, 0.3) is 0 Å². The van der Waals surface area contributed by atoms with Crippen LogP contribution >= 0.6 is 0 Å². The first-order valence-electron chi connectivity index (χ1n) is 6.71. The van der Waals surface area contributed by atoms with Crippen molar-refractivity contribution >= 4 is 0 Å². The minimum Gasteiger partial charge on any atom is -0.383 e. The molecule has 0 spiro atoms. The second-order valence-corrected chi connectivity index (χ2v) is 5.00. The highest BCUT2D eigenvalue weighted by molar-refractivity contribution is 4.72. The van der Waals surface area contributed by atoms with E-state index in [2.05, 4.69) is 24.1 Å². The fourth-order valence-corrected chi connectivity index (χ4v) is 2.40. The molecule has 0 saturated carbocycles. The number of likely N-dealkylation sites (tertiary alicyclic amines) is 1. The lowest BCUT2D eigenvalue weighted by Crippen LogP contribution is -2.41. The van der Waals surface area contributed by atoms with Crippen LogP contribution in [0.2, 0.25) is 0 Å². The molecule has 1 unspecified atom stereocenters. The Balaban J connectivity index is 2.02. The summed E-state index contributed by atoms with van der Waals surface area (Å²) in [5, 5.41) is 3.49. The Morgan fingerprint density at radius 1 is 1.38 bits per heavy atom. The van der Waals surface area contributed by atoms with E-state index in [-0.39, 0.29) is 0 Å². The van der Waals surface area contributed by atoms with Crippen molar-refractivity contribution in [2.45, 2.75) is 39.2 Å². The minimum absolute atomic E-state index is 0.471. The molecule has 1 fully saturated rings. The van der Waals surface area contributed by atoms with Crippen LogP contribution in [0.25, 0.3) is 0 Å². The van der Waals surface area contributed by atoms with E-state index >= 15 is 0 Å². The molecule has 1 N–H and O–H groups in total. The number of ether oxygens (including phenoxy) is 1. The van der Waals surface area contributed by atoms with Crippen molar-refractivity contribution < 1.29 is 4.74 Å². The lowest BCUT2D eigenvalue weighted by atomic mass is 9.94. The molecule has 0 bridgehead atoms. The highest BCUT2D eigenvalue weighted by Crippen LogP contribution is 2.19. The smallest absolute Gasteiger partial charge is 0.0613 e. The maximum absolute atomic E-state index is 5.10. The first-order valence-corrected chi connectivity index (χ1v) is 6.71. The summed E-state index contributed by atoms with van der Waals surface area (Å²) in [4.78, 5) is 2.58. The maximum atomic E-state index is 5.10. The molecule has 3 heteroatoms. The molecule has 0 aromatic rings. The van der Waals surface area contributed by atoms with Crippen molar-refractivity contribution in [3.8, 4) is 0 Å². The lowest BCUT2D eigenvalue weighted by molar-refractivity contribution is 0.159. The van der Waals surface area contributed by atoms with Gasteiger partial charge in [-0.1, -0.05) is 13.3 Å². The van der Waals surface area contributed by atoms with Crippen LogP contribution in [0.3, 0.4) is 0 Å². The van der Waals surface area contributed by atoms with Crippen LogP contribution in [-0.4, -0.2) is 50.8 Å². The summed E-state index contributed by atoms with van der Waals surface area (Å²) in [6.45, 7) is 10.1. The van der Waals surface area contributed by atoms with Gasteiger partial charge in [0.2, 0.25) is 0 Å². The normalized spacial score (nSPS) is 21.2. The summed E-state index contributed by atoms with van der Waals surface area (Å²) in [7, 11) is 1.76. The van der Waals surface area contributed by atoms with Gasteiger partial charge < -0.3 is 15.0 Å². The molecule has 1 rings (SSSR count). The van der Waals surface area contributed by atoms with Crippen molar-refractivity contribution in [3.63, 3.8) is 0 Å². The van der Waals surface area contributed by atoms with Gasteiger partial charge >= 0.3 is 0 Å². The molecule has 1 atom stereocenters. The van der Waals surface area contributed by atoms with Crippen LogP contribution in [-0.2, 0) is 4.74 Å². The number of methoxy groups -OCH3 is 1. The maximum Gasteiger partial charge on any atom is 0.0613 e. The summed E-state index contributed by atoms with van der Waals surface area (Å²) in [6.07, 6.45) is 4.14. The quantitative estimate of drug-likeness (QED) is 0.718. The van der Waals surface area contributed by atoms with E-state index in [0.29, 0.717) is 6.04 Å². The van der Waals surface area contributed by atoms with Gasteiger partial charge in [0.15, 0.2) is 0 Å². The third-order valence-corrected chi connectivity index (χ3v) is 3.62. The van der Waals surface area contributed by atoms with Gasteiger partial charge in [0, 0.05) is 26.2 Å². The Morgan fingerprint density at radius 3 is 2.62 bits per heavy atom. The summed E-state index contributed by atoms with van der Waals surface area (Å²) < 4.78 is 5.10. The first-order chi connectivity index (χ1) is 7.76. The zero-order valence-corrected chi connectivity index (χ0v) is 11.2. The minimum atomic E-state index is 0.471. The molecule has 1 saturated heterocycles. The summed E-state index contributed by atoms with van der Waals surface area (Å²) in [5.41, 5.74) is 0. The van der Waals surface area contributed by atoms with E-state index in [9.17, 15) is 0 Å².